The first-order valence-electron chi connectivity index (χ1n) is 7.13. The number of sulfonamides is 1. The minimum absolute atomic E-state index is 0.228. The molecule has 1 N–H and O–H groups in total. The highest BCUT2D eigenvalue weighted by Crippen LogP contribution is 2.10. The van der Waals surface area contributed by atoms with Crippen molar-refractivity contribution in [2.75, 3.05) is 26.9 Å². The van der Waals surface area contributed by atoms with Gasteiger partial charge in [0.05, 0.1) is 12.8 Å². The van der Waals surface area contributed by atoms with Crippen molar-refractivity contribution in [1.29, 1.82) is 0 Å². The highest BCUT2D eigenvalue weighted by atomic mass is 32.2. The SMILES string of the molecule is CNC(=O)C(C)N(Cc1ccccc1)C(=O)CN(C)S(C)(=O)=O. The van der Waals surface area contributed by atoms with Crippen molar-refractivity contribution < 1.29 is 18.0 Å². The van der Waals surface area contributed by atoms with Crippen LogP contribution in [0.15, 0.2) is 30.3 Å². The number of rotatable bonds is 7. The number of hydrogen-bond acceptors (Lipinski definition) is 4. The van der Waals surface area contributed by atoms with Crippen molar-refractivity contribution in [3.8, 4) is 0 Å². The number of carbonyl (C=O) groups excluding carboxylic acids is 2. The van der Waals surface area contributed by atoms with E-state index >= 15 is 0 Å². The van der Waals surface area contributed by atoms with Gasteiger partial charge in [-0.1, -0.05) is 30.3 Å². The van der Waals surface area contributed by atoms with E-state index in [1.165, 1.54) is 19.0 Å². The van der Waals surface area contributed by atoms with Crippen LogP contribution in [-0.2, 0) is 26.2 Å². The van der Waals surface area contributed by atoms with Crippen LogP contribution in [-0.4, -0.2) is 62.4 Å². The molecule has 0 aliphatic rings. The predicted molar refractivity (Wildman–Crippen MR) is 88.0 cm³/mol. The van der Waals surface area contributed by atoms with Gasteiger partial charge in [0, 0.05) is 20.6 Å². The Hall–Kier alpha value is -1.93. The summed E-state index contributed by atoms with van der Waals surface area (Å²) in [6.45, 7) is 1.53. The Morgan fingerprint density at radius 2 is 1.78 bits per heavy atom. The summed E-state index contributed by atoms with van der Waals surface area (Å²) in [7, 11) is -0.646. The van der Waals surface area contributed by atoms with Crippen LogP contribution < -0.4 is 5.32 Å². The first-order chi connectivity index (χ1) is 10.7. The topological polar surface area (TPSA) is 86.8 Å². The smallest absolute Gasteiger partial charge is 0.242 e. The lowest BCUT2D eigenvalue weighted by Gasteiger charge is -2.29. The number of carbonyl (C=O) groups is 2. The van der Waals surface area contributed by atoms with Gasteiger partial charge in [-0.25, -0.2) is 8.42 Å². The second kappa shape index (κ2) is 8.07. The van der Waals surface area contributed by atoms with Gasteiger partial charge in [-0.3, -0.25) is 9.59 Å². The quantitative estimate of drug-likeness (QED) is 0.759. The number of amides is 2. The predicted octanol–water partition coefficient (Wildman–Crippen LogP) is 0.0411. The maximum Gasteiger partial charge on any atom is 0.242 e. The number of hydrogen-bond donors (Lipinski definition) is 1. The fourth-order valence-corrected chi connectivity index (χ4v) is 2.32. The fraction of sp³-hybridized carbons (Fsp3) is 0.467. The monoisotopic (exact) mass is 341 g/mol. The van der Waals surface area contributed by atoms with Crippen molar-refractivity contribution in [2.24, 2.45) is 0 Å². The molecule has 0 heterocycles. The lowest BCUT2D eigenvalue weighted by atomic mass is 10.1. The summed E-state index contributed by atoms with van der Waals surface area (Å²) in [5.74, 6) is -0.742. The molecule has 23 heavy (non-hydrogen) atoms. The molecule has 0 fully saturated rings. The molecule has 0 saturated carbocycles. The van der Waals surface area contributed by atoms with Crippen LogP contribution in [0.2, 0.25) is 0 Å². The van der Waals surface area contributed by atoms with Gasteiger partial charge in [-0.05, 0) is 12.5 Å². The number of nitrogens with one attached hydrogen (secondary N) is 1. The average Bonchev–Trinajstić information content (AvgIpc) is 2.51. The third-order valence-electron chi connectivity index (χ3n) is 3.53. The molecule has 1 aromatic carbocycles. The summed E-state index contributed by atoms with van der Waals surface area (Å²) in [5, 5.41) is 2.50. The third-order valence-corrected chi connectivity index (χ3v) is 4.79. The van der Waals surface area contributed by atoms with Gasteiger partial charge in [0.2, 0.25) is 21.8 Å². The second-order valence-electron chi connectivity index (χ2n) is 5.32. The summed E-state index contributed by atoms with van der Waals surface area (Å²) < 4.78 is 23.9. The van der Waals surface area contributed by atoms with Crippen molar-refractivity contribution >= 4 is 21.8 Å². The second-order valence-corrected chi connectivity index (χ2v) is 7.41. The molecule has 1 unspecified atom stereocenters. The van der Waals surface area contributed by atoms with Crippen LogP contribution >= 0.6 is 0 Å². The largest absolute Gasteiger partial charge is 0.357 e. The van der Waals surface area contributed by atoms with Gasteiger partial charge in [0.15, 0.2) is 0 Å². The van der Waals surface area contributed by atoms with Crippen LogP contribution in [0.3, 0.4) is 0 Å². The van der Waals surface area contributed by atoms with Crippen molar-refractivity contribution in [2.45, 2.75) is 19.5 Å². The summed E-state index contributed by atoms with van der Waals surface area (Å²) in [4.78, 5) is 25.8. The van der Waals surface area contributed by atoms with E-state index in [2.05, 4.69) is 5.32 Å². The van der Waals surface area contributed by atoms with Crippen molar-refractivity contribution in [1.82, 2.24) is 14.5 Å². The summed E-state index contributed by atoms with van der Waals surface area (Å²) in [5.41, 5.74) is 0.860. The molecule has 0 aliphatic carbocycles. The van der Waals surface area contributed by atoms with Crippen molar-refractivity contribution in [3.63, 3.8) is 0 Å². The molecule has 1 atom stereocenters. The Labute approximate surface area is 137 Å². The van der Waals surface area contributed by atoms with E-state index in [-0.39, 0.29) is 19.0 Å². The molecule has 0 radical (unpaired) electrons. The maximum atomic E-state index is 12.5. The van der Waals surface area contributed by atoms with Crippen molar-refractivity contribution in [3.05, 3.63) is 35.9 Å². The Kier molecular flexibility index (Phi) is 6.71. The molecule has 2 amide bonds. The van der Waals surface area contributed by atoms with Crippen LogP contribution in [0, 0.1) is 0 Å². The molecule has 0 saturated heterocycles. The highest BCUT2D eigenvalue weighted by Gasteiger charge is 2.27. The zero-order valence-electron chi connectivity index (χ0n) is 13.8. The molecule has 1 rings (SSSR count). The highest BCUT2D eigenvalue weighted by molar-refractivity contribution is 7.88. The van der Waals surface area contributed by atoms with Crippen LogP contribution in [0.5, 0.6) is 0 Å². The zero-order chi connectivity index (χ0) is 17.6. The molecule has 7 nitrogen and oxygen atoms in total. The average molecular weight is 341 g/mol. The van der Waals surface area contributed by atoms with Crippen LogP contribution in [0.25, 0.3) is 0 Å². The Morgan fingerprint density at radius 3 is 2.26 bits per heavy atom. The van der Waals surface area contributed by atoms with E-state index < -0.39 is 22.0 Å². The lowest BCUT2D eigenvalue weighted by molar-refractivity contribution is -0.140. The molecule has 0 aliphatic heterocycles. The molecular weight excluding hydrogens is 318 g/mol. The molecule has 0 aromatic heterocycles. The maximum absolute atomic E-state index is 12.5. The van der Waals surface area contributed by atoms with E-state index in [0.29, 0.717) is 0 Å². The van der Waals surface area contributed by atoms with Gasteiger partial charge in [0.1, 0.15) is 6.04 Å². The fourth-order valence-electron chi connectivity index (χ4n) is 1.97. The van der Waals surface area contributed by atoms with Gasteiger partial charge in [0.25, 0.3) is 0 Å². The number of nitrogens with zero attached hydrogens (tertiary/aromatic N) is 2. The molecule has 0 spiro atoms. The normalized spacial score (nSPS) is 12.7. The lowest BCUT2D eigenvalue weighted by Crippen LogP contribution is -2.50. The van der Waals surface area contributed by atoms with E-state index in [9.17, 15) is 18.0 Å². The molecule has 8 heteroatoms. The van der Waals surface area contributed by atoms with Gasteiger partial charge in [-0.15, -0.1) is 0 Å². The Balaban J connectivity index is 2.99. The zero-order valence-corrected chi connectivity index (χ0v) is 14.6. The summed E-state index contributed by atoms with van der Waals surface area (Å²) in [6, 6.07) is 8.51. The molecule has 1 aromatic rings. The minimum atomic E-state index is -3.47. The minimum Gasteiger partial charge on any atom is -0.357 e. The van der Waals surface area contributed by atoms with E-state index in [0.717, 1.165) is 16.1 Å². The summed E-state index contributed by atoms with van der Waals surface area (Å²) >= 11 is 0. The standard InChI is InChI=1S/C15H23N3O4S/c1-12(15(20)16-2)18(10-13-8-6-5-7-9-13)14(19)11-17(3)23(4,21)22/h5-9,12H,10-11H2,1-4H3,(H,16,20). The molecule has 128 valence electrons. The van der Waals surface area contributed by atoms with E-state index in [4.69, 9.17) is 0 Å². The Morgan fingerprint density at radius 1 is 1.22 bits per heavy atom. The van der Waals surface area contributed by atoms with Crippen LogP contribution in [0.4, 0.5) is 0 Å². The number of benzene rings is 1. The van der Waals surface area contributed by atoms with Gasteiger partial charge in [-0.2, -0.15) is 4.31 Å². The number of likely N-dealkylation sites (N-methyl/N-ethyl adjacent to an activating group) is 2. The van der Waals surface area contributed by atoms with Crippen LogP contribution in [0.1, 0.15) is 12.5 Å². The Bertz CT molecular complexity index is 646. The third kappa shape index (κ3) is 5.65. The first-order valence-corrected chi connectivity index (χ1v) is 8.98. The first kappa shape index (κ1) is 19.1. The van der Waals surface area contributed by atoms with E-state index in [1.54, 1.807) is 6.92 Å². The molecular formula is C15H23N3O4S. The van der Waals surface area contributed by atoms with Gasteiger partial charge < -0.3 is 10.2 Å². The molecule has 0 bridgehead atoms. The summed E-state index contributed by atoms with van der Waals surface area (Å²) in [6.07, 6.45) is 1.03. The van der Waals surface area contributed by atoms with Gasteiger partial charge >= 0.3 is 0 Å². The van der Waals surface area contributed by atoms with E-state index in [1.807, 2.05) is 30.3 Å².